The van der Waals surface area contributed by atoms with Crippen molar-refractivity contribution in [2.75, 3.05) is 18.0 Å². The molecule has 10 heteroatoms. The molecule has 0 aromatic carbocycles. The fourth-order valence-electron chi connectivity index (χ4n) is 1.01. The number of hydrogen-bond donors (Lipinski definition) is 3. The largest absolute Gasteiger partial charge is 0.398 e. The van der Waals surface area contributed by atoms with Gasteiger partial charge in [0.05, 0.1) is 11.4 Å². The third-order valence-electron chi connectivity index (χ3n) is 1.78. The van der Waals surface area contributed by atoms with Crippen LogP contribution >= 0.6 is 0 Å². The van der Waals surface area contributed by atoms with E-state index in [0.717, 1.165) is 6.20 Å². The van der Waals surface area contributed by atoms with Gasteiger partial charge in [-0.3, -0.25) is 4.98 Å². The summed E-state index contributed by atoms with van der Waals surface area (Å²) in [7, 11) is -7.58. The minimum absolute atomic E-state index is 0.0307. The monoisotopic (exact) mass is 280 g/mol. The Hall–Kier alpha value is -1.23. The molecule has 5 N–H and O–H groups in total. The lowest BCUT2D eigenvalue weighted by atomic mass is 10.4. The van der Waals surface area contributed by atoms with E-state index in [2.05, 4.69) is 9.71 Å². The summed E-state index contributed by atoms with van der Waals surface area (Å²) >= 11 is 0. The number of primary sulfonamides is 1. The average molecular weight is 280 g/mol. The number of pyridine rings is 1. The number of nitrogens with one attached hydrogen (secondary N) is 1. The molecule has 0 aliphatic carbocycles. The Morgan fingerprint density at radius 3 is 2.47 bits per heavy atom. The van der Waals surface area contributed by atoms with Crippen molar-refractivity contribution in [2.45, 2.75) is 4.90 Å². The summed E-state index contributed by atoms with van der Waals surface area (Å²) in [5.74, 6) is -0.494. The van der Waals surface area contributed by atoms with Gasteiger partial charge < -0.3 is 5.73 Å². The number of aromatic nitrogens is 1. The molecule has 1 aromatic heterocycles. The van der Waals surface area contributed by atoms with Gasteiger partial charge in [0.25, 0.3) is 0 Å². The summed E-state index contributed by atoms with van der Waals surface area (Å²) in [4.78, 5) is 3.43. The highest BCUT2D eigenvalue weighted by Gasteiger charge is 2.17. The standard InChI is InChI=1S/C7H12N4O4S2/c8-6-1-2-10-5-7(6)17(14,15)11-3-4-16(9,12)13/h1-2,5,11H,3-4H2,(H2,8,10)(H2,9,12,13). The van der Waals surface area contributed by atoms with Gasteiger partial charge in [-0.05, 0) is 6.07 Å². The van der Waals surface area contributed by atoms with Crippen molar-refractivity contribution in [3.05, 3.63) is 18.5 Å². The Morgan fingerprint density at radius 2 is 1.94 bits per heavy atom. The summed E-state index contributed by atoms with van der Waals surface area (Å²) in [6, 6.07) is 1.33. The van der Waals surface area contributed by atoms with Crippen LogP contribution in [0.25, 0.3) is 0 Å². The third-order valence-corrected chi connectivity index (χ3v) is 4.06. The van der Waals surface area contributed by atoms with Crippen molar-refractivity contribution in [1.82, 2.24) is 9.71 Å². The molecule has 0 fully saturated rings. The molecular formula is C7H12N4O4S2. The van der Waals surface area contributed by atoms with Gasteiger partial charge in [-0.15, -0.1) is 0 Å². The third kappa shape index (κ3) is 4.26. The predicted molar refractivity (Wildman–Crippen MR) is 61.8 cm³/mol. The number of sulfonamides is 2. The molecule has 1 heterocycles. The van der Waals surface area contributed by atoms with Crippen molar-refractivity contribution in [2.24, 2.45) is 5.14 Å². The second-order valence-electron chi connectivity index (χ2n) is 3.18. The van der Waals surface area contributed by atoms with Crippen LogP contribution in [0, 0.1) is 0 Å². The van der Waals surface area contributed by atoms with E-state index in [4.69, 9.17) is 10.9 Å². The molecule has 0 saturated heterocycles. The van der Waals surface area contributed by atoms with Crippen molar-refractivity contribution >= 4 is 25.7 Å². The molecule has 17 heavy (non-hydrogen) atoms. The lowest BCUT2D eigenvalue weighted by molar-refractivity contribution is 0.581. The molecule has 0 aliphatic rings. The molecule has 0 atom stereocenters. The molecule has 0 amide bonds. The molecule has 0 unspecified atom stereocenters. The second kappa shape index (κ2) is 4.96. The minimum atomic E-state index is -3.87. The van der Waals surface area contributed by atoms with E-state index in [0.29, 0.717) is 0 Å². The van der Waals surface area contributed by atoms with Crippen LogP contribution in [0.15, 0.2) is 23.4 Å². The van der Waals surface area contributed by atoms with Gasteiger partial charge >= 0.3 is 0 Å². The van der Waals surface area contributed by atoms with Crippen molar-refractivity contribution in [1.29, 1.82) is 0 Å². The fourth-order valence-corrected chi connectivity index (χ4v) is 2.63. The van der Waals surface area contributed by atoms with Crippen LogP contribution in [0.3, 0.4) is 0 Å². The van der Waals surface area contributed by atoms with Gasteiger partial charge in [-0.1, -0.05) is 0 Å². The number of nitrogens with two attached hydrogens (primary N) is 2. The van der Waals surface area contributed by atoms with Gasteiger partial charge in [0.1, 0.15) is 4.90 Å². The van der Waals surface area contributed by atoms with Gasteiger partial charge in [-0.2, -0.15) is 0 Å². The molecule has 1 aromatic rings. The summed E-state index contributed by atoms with van der Waals surface area (Å²) in [6.45, 7) is -0.324. The van der Waals surface area contributed by atoms with Crippen molar-refractivity contribution in [3.8, 4) is 0 Å². The topological polar surface area (TPSA) is 145 Å². The van der Waals surface area contributed by atoms with Crippen LogP contribution in [-0.4, -0.2) is 34.1 Å². The molecular weight excluding hydrogens is 268 g/mol. The maximum Gasteiger partial charge on any atom is 0.244 e. The maximum atomic E-state index is 11.7. The summed E-state index contributed by atoms with van der Waals surface area (Å²) in [5, 5.41) is 4.73. The number of hydrogen-bond acceptors (Lipinski definition) is 6. The number of rotatable bonds is 5. The Balaban J connectivity index is 2.81. The second-order valence-corrected chi connectivity index (χ2v) is 6.65. The zero-order valence-corrected chi connectivity index (χ0v) is 10.3. The van der Waals surface area contributed by atoms with Crippen molar-refractivity contribution < 1.29 is 16.8 Å². The molecule has 0 radical (unpaired) electrons. The van der Waals surface area contributed by atoms with Crippen molar-refractivity contribution in [3.63, 3.8) is 0 Å². The number of nitrogen functional groups attached to an aromatic ring is 1. The van der Waals surface area contributed by atoms with E-state index in [1.807, 2.05) is 0 Å². The summed E-state index contributed by atoms with van der Waals surface area (Å²) in [6.07, 6.45) is 2.42. The highest BCUT2D eigenvalue weighted by Crippen LogP contribution is 2.14. The van der Waals surface area contributed by atoms with E-state index in [1.165, 1.54) is 12.3 Å². The highest BCUT2D eigenvalue weighted by atomic mass is 32.2. The van der Waals surface area contributed by atoms with E-state index < -0.39 is 25.8 Å². The first-order valence-electron chi connectivity index (χ1n) is 4.42. The van der Waals surface area contributed by atoms with Crippen LogP contribution in [0.4, 0.5) is 5.69 Å². The quantitative estimate of drug-likeness (QED) is 0.582. The van der Waals surface area contributed by atoms with Gasteiger partial charge in [0.15, 0.2) is 0 Å². The fraction of sp³-hybridized carbons (Fsp3) is 0.286. The van der Waals surface area contributed by atoms with E-state index in [9.17, 15) is 16.8 Å². The Bertz CT molecular complexity index is 596. The lowest BCUT2D eigenvalue weighted by Crippen LogP contribution is -2.31. The van der Waals surface area contributed by atoms with Crippen LogP contribution in [0.1, 0.15) is 0 Å². The van der Waals surface area contributed by atoms with Gasteiger partial charge in [0, 0.05) is 18.9 Å². The van der Waals surface area contributed by atoms with Crippen LogP contribution in [-0.2, 0) is 20.0 Å². The summed E-state index contributed by atoms with van der Waals surface area (Å²) in [5.41, 5.74) is 5.49. The molecule has 0 spiro atoms. The first-order chi connectivity index (χ1) is 7.72. The lowest BCUT2D eigenvalue weighted by Gasteiger charge is -2.07. The molecule has 1 rings (SSSR count). The first-order valence-corrected chi connectivity index (χ1v) is 7.62. The smallest absolute Gasteiger partial charge is 0.244 e. The van der Waals surface area contributed by atoms with E-state index in [-0.39, 0.29) is 17.1 Å². The molecule has 0 saturated carbocycles. The predicted octanol–water partition coefficient (Wildman–Crippen LogP) is -1.77. The number of anilines is 1. The summed E-state index contributed by atoms with van der Waals surface area (Å²) < 4.78 is 46.7. The Labute approximate surface area is 99.1 Å². The zero-order valence-electron chi connectivity index (χ0n) is 8.70. The van der Waals surface area contributed by atoms with E-state index in [1.54, 1.807) is 0 Å². The average Bonchev–Trinajstić information content (AvgIpc) is 2.15. The van der Waals surface area contributed by atoms with Crippen LogP contribution in [0.2, 0.25) is 0 Å². The van der Waals surface area contributed by atoms with E-state index >= 15 is 0 Å². The van der Waals surface area contributed by atoms with Crippen LogP contribution < -0.4 is 15.6 Å². The molecule has 8 nitrogen and oxygen atoms in total. The number of nitrogens with zero attached hydrogens (tertiary/aromatic N) is 1. The Kier molecular flexibility index (Phi) is 4.03. The highest BCUT2D eigenvalue weighted by molar-refractivity contribution is 7.90. The van der Waals surface area contributed by atoms with Gasteiger partial charge in [-0.25, -0.2) is 26.7 Å². The normalized spacial score (nSPS) is 12.5. The SMILES string of the molecule is Nc1ccncc1S(=O)(=O)NCCS(N)(=O)=O. The maximum absolute atomic E-state index is 11.7. The minimum Gasteiger partial charge on any atom is -0.398 e. The van der Waals surface area contributed by atoms with Gasteiger partial charge in [0.2, 0.25) is 20.0 Å². The van der Waals surface area contributed by atoms with Crippen LogP contribution in [0.5, 0.6) is 0 Å². The molecule has 96 valence electrons. The molecule has 0 aliphatic heterocycles. The first kappa shape index (κ1) is 13.8. The molecule has 0 bridgehead atoms. The zero-order chi connectivity index (χ0) is 13.1. The Morgan fingerprint density at radius 1 is 1.29 bits per heavy atom.